The summed E-state index contributed by atoms with van der Waals surface area (Å²) in [4.78, 5) is 22.1. The Bertz CT molecular complexity index is 1160. The fourth-order valence-corrected chi connectivity index (χ4v) is 5.27. The summed E-state index contributed by atoms with van der Waals surface area (Å²) in [6.45, 7) is 5.01. The second-order valence-electron chi connectivity index (χ2n) is 9.25. The quantitative estimate of drug-likeness (QED) is 0.702. The average Bonchev–Trinajstić information content (AvgIpc) is 3.37. The first-order chi connectivity index (χ1) is 15.1. The molecule has 0 unspecified atom stereocenters. The van der Waals surface area contributed by atoms with E-state index in [4.69, 9.17) is 14.1 Å². The molecule has 31 heavy (non-hydrogen) atoms. The van der Waals surface area contributed by atoms with E-state index in [0.717, 1.165) is 48.5 Å². The maximum Gasteiger partial charge on any atom is 0.298 e. The minimum Gasteiger partial charge on any atom is -0.493 e. The Balaban J connectivity index is 1.16. The Morgan fingerprint density at radius 2 is 2.06 bits per heavy atom. The lowest BCUT2D eigenvalue weighted by Crippen LogP contribution is -2.62. The maximum atomic E-state index is 12.7. The fourth-order valence-electron chi connectivity index (χ4n) is 5.27. The predicted octanol–water partition coefficient (Wildman–Crippen LogP) is 3.55. The molecule has 2 aromatic carbocycles. The van der Waals surface area contributed by atoms with Crippen molar-refractivity contribution in [2.45, 2.75) is 19.3 Å². The number of nitrogens with zero attached hydrogens (tertiary/aromatic N) is 3. The molecule has 1 N–H and O–H groups in total. The summed E-state index contributed by atoms with van der Waals surface area (Å²) in [5.74, 6) is 0.740. The lowest BCUT2D eigenvalue weighted by atomic mass is 9.73. The molecule has 3 aliphatic heterocycles. The summed E-state index contributed by atoms with van der Waals surface area (Å²) in [6.07, 6.45) is 3.38. The standard InChI is InChI=1S/C24H26N4O3/c1-27-9-2-8-24(13-27)14-28(15-24)23-26-19-12-18(4-6-21(19)31-23)25-22(29)17-3-5-20-16(11-17)7-10-30-20/h3-6,11-12H,2,7-10,13-15H2,1H3,(H,25,29). The number of anilines is 2. The molecule has 0 radical (unpaired) electrons. The first-order valence-electron chi connectivity index (χ1n) is 11.0. The smallest absolute Gasteiger partial charge is 0.298 e. The highest BCUT2D eigenvalue weighted by Crippen LogP contribution is 2.41. The molecule has 1 spiro atoms. The SMILES string of the molecule is CN1CCCC2(C1)CN(c1nc3cc(NC(=O)c4ccc5c(c4)CCO5)ccc3o1)C2. The van der Waals surface area contributed by atoms with Crippen molar-refractivity contribution >= 4 is 28.7 Å². The highest BCUT2D eigenvalue weighted by atomic mass is 16.5. The molecule has 3 aromatic rings. The number of likely N-dealkylation sites (tertiary alicyclic amines) is 1. The molecule has 0 atom stereocenters. The Labute approximate surface area is 181 Å². The monoisotopic (exact) mass is 418 g/mol. The normalized spacial score (nSPS) is 19.8. The van der Waals surface area contributed by atoms with Crippen LogP contribution >= 0.6 is 0 Å². The Morgan fingerprint density at radius 3 is 2.94 bits per heavy atom. The summed E-state index contributed by atoms with van der Waals surface area (Å²) in [7, 11) is 2.20. The third-order valence-corrected chi connectivity index (χ3v) is 6.76. The van der Waals surface area contributed by atoms with E-state index >= 15 is 0 Å². The zero-order chi connectivity index (χ0) is 21.0. The van der Waals surface area contributed by atoms with Gasteiger partial charge >= 0.3 is 0 Å². The van der Waals surface area contributed by atoms with Crippen LogP contribution in [-0.2, 0) is 6.42 Å². The minimum absolute atomic E-state index is 0.135. The molecule has 7 heteroatoms. The molecule has 0 aliphatic carbocycles. The number of nitrogens with one attached hydrogen (secondary N) is 1. The molecule has 1 amide bonds. The van der Waals surface area contributed by atoms with Gasteiger partial charge in [-0.2, -0.15) is 4.98 Å². The second-order valence-corrected chi connectivity index (χ2v) is 9.25. The van der Waals surface area contributed by atoms with Gasteiger partial charge in [0.1, 0.15) is 11.3 Å². The van der Waals surface area contributed by atoms with Gasteiger partial charge in [-0.1, -0.05) is 0 Å². The second kappa shape index (κ2) is 6.99. The van der Waals surface area contributed by atoms with Crippen molar-refractivity contribution in [2.24, 2.45) is 5.41 Å². The number of hydrogen-bond acceptors (Lipinski definition) is 6. The number of fused-ring (bicyclic) bond motifs is 2. The number of hydrogen-bond donors (Lipinski definition) is 1. The van der Waals surface area contributed by atoms with E-state index < -0.39 is 0 Å². The van der Waals surface area contributed by atoms with Gasteiger partial charge in [0.25, 0.3) is 11.9 Å². The van der Waals surface area contributed by atoms with Crippen molar-refractivity contribution in [1.82, 2.24) is 9.88 Å². The van der Waals surface area contributed by atoms with Crippen LogP contribution in [0, 0.1) is 5.41 Å². The average molecular weight is 418 g/mol. The molecule has 6 rings (SSSR count). The molecular formula is C24H26N4O3. The summed E-state index contributed by atoms with van der Waals surface area (Å²) < 4.78 is 11.5. The largest absolute Gasteiger partial charge is 0.493 e. The topological polar surface area (TPSA) is 70.8 Å². The molecule has 0 bridgehead atoms. The van der Waals surface area contributed by atoms with Crippen LogP contribution < -0.4 is 15.0 Å². The number of rotatable bonds is 3. The Kier molecular flexibility index (Phi) is 4.21. The molecule has 160 valence electrons. The van der Waals surface area contributed by atoms with Gasteiger partial charge in [-0.25, -0.2) is 0 Å². The van der Waals surface area contributed by atoms with Crippen LogP contribution in [-0.4, -0.2) is 55.6 Å². The first-order valence-corrected chi connectivity index (χ1v) is 11.0. The predicted molar refractivity (Wildman–Crippen MR) is 119 cm³/mol. The van der Waals surface area contributed by atoms with Gasteiger partial charge < -0.3 is 24.3 Å². The van der Waals surface area contributed by atoms with Crippen molar-refractivity contribution in [3.63, 3.8) is 0 Å². The van der Waals surface area contributed by atoms with E-state index in [0.29, 0.717) is 29.3 Å². The summed E-state index contributed by atoms with van der Waals surface area (Å²) >= 11 is 0. The van der Waals surface area contributed by atoms with Gasteiger partial charge in [0.05, 0.1) is 6.61 Å². The number of benzene rings is 2. The molecular weight excluding hydrogens is 392 g/mol. The van der Waals surface area contributed by atoms with Crippen molar-refractivity contribution in [1.29, 1.82) is 0 Å². The van der Waals surface area contributed by atoms with Crippen LogP contribution in [0.2, 0.25) is 0 Å². The van der Waals surface area contributed by atoms with E-state index in [1.165, 1.54) is 19.4 Å². The van der Waals surface area contributed by atoms with Gasteiger partial charge in [0.2, 0.25) is 0 Å². The number of oxazole rings is 1. The number of carbonyl (C=O) groups excluding carboxylic acids is 1. The van der Waals surface area contributed by atoms with Gasteiger partial charge in [-0.05, 0) is 68.4 Å². The summed E-state index contributed by atoms with van der Waals surface area (Å²) in [5.41, 5.74) is 4.31. The van der Waals surface area contributed by atoms with Crippen LogP contribution in [0.15, 0.2) is 40.8 Å². The number of aromatic nitrogens is 1. The zero-order valence-electron chi connectivity index (χ0n) is 17.7. The van der Waals surface area contributed by atoms with Crippen molar-refractivity contribution in [2.75, 3.05) is 50.1 Å². The molecule has 2 fully saturated rings. The van der Waals surface area contributed by atoms with E-state index in [1.54, 1.807) is 6.07 Å². The minimum atomic E-state index is -0.135. The van der Waals surface area contributed by atoms with Gasteiger partial charge in [0.15, 0.2) is 5.58 Å². The van der Waals surface area contributed by atoms with Crippen LogP contribution in [0.3, 0.4) is 0 Å². The highest BCUT2D eigenvalue weighted by Gasteiger charge is 2.46. The number of carbonyl (C=O) groups is 1. The summed E-state index contributed by atoms with van der Waals surface area (Å²) in [6, 6.07) is 11.9. The molecule has 1 aromatic heterocycles. The molecule has 0 saturated carbocycles. The van der Waals surface area contributed by atoms with Crippen molar-refractivity contribution in [3.8, 4) is 5.75 Å². The van der Waals surface area contributed by atoms with E-state index in [-0.39, 0.29) is 5.91 Å². The lowest BCUT2D eigenvalue weighted by Gasteiger charge is -2.53. The maximum absolute atomic E-state index is 12.7. The number of amides is 1. The third kappa shape index (κ3) is 3.33. The fraction of sp³-hybridized carbons (Fsp3) is 0.417. The lowest BCUT2D eigenvalue weighted by molar-refractivity contribution is 0.0750. The van der Waals surface area contributed by atoms with Gasteiger partial charge in [0, 0.05) is 42.7 Å². The van der Waals surface area contributed by atoms with Gasteiger partial charge in [-0.15, -0.1) is 0 Å². The van der Waals surface area contributed by atoms with E-state index in [9.17, 15) is 4.79 Å². The Hall–Kier alpha value is -3.06. The molecule has 3 aliphatic rings. The summed E-state index contributed by atoms with van der Waals surface area (Å²) in [5, 5.41) is 2.98. The van der Waals surface area contributed by atoms with Crippen molar-refractivity contribution in [3.05, 3.63) is 47.5 Å². The number of ether oxygens (including phenoxy) is 1. The molecule has 2 saturated heterocycles. The van der Waals surface area contributed by atoms with Gasteiger partial charge in [-0.3, -0.25) is 4.79 Å². The Morgan fingerprint density at radius 1 is 1.16 bits per heavy atom. The van der Waals surface area contributed by atoms with Crippen LogP contribution in [0.5, 0.6) is 5.75 Å². The number of piperidine rings is 1. The van der Waals surface area contributed by atoms with Crippen molar-refractivity contribution < 1.29 is 13.9 Å². The molecule has 4 heterocycles. The molecule has 7 nitrogen and oxygen atoms in total. The van der Waals surface area contributed by atoms with E-state index in [1.807, 2.05) is 30.3 Å². The van der Waals surface area contributed by atoms with Crippen LogP contribution in [0.1, 0.15) is 28.8 Å². The van der Waals surface area contributed by atoms with Crippen LogP contribution in [0.4, 0.5) is 11.7 Å². The van der Waals surface area contributed by atoms with E-state index in [2.05, 4.69) is 22.2 Å². The first kappa shape index (κ1) is 18.7. The highest BCUT2D eigenvalue weighted by molar-refractivity contribution is 6.05. The third-order valence-electron chi connectivity index (χ3n) is 6.76. The zero-order valence-corrected chi connectivity index (χ0v) is 17.7. The van der Waals surface area contributed by atoms with Crippen LogP contribution in [0.25, 0.3) is 11.1 Å².